The number of non-ortho nitro benzene ring substituents is 1. The number of nitrogens with zero attached hydrogens (tertiary/aromatic N) is 3. The number of hydrogen-bond acceptors (Lipinski definition) is 6. The van der Waals surface area contributed by atoms with E-state index in [1.165, 1.54) is 35.4 Å². The number of nitro benzene ring substituents is 1. The Morgan fingerprint density at radius 1 is 1.13 bits per heavy atom. The second-order valence-electron chi connectivity index (χ2n) is 5.63. The fourth-order valence-electron chi connectivity index (χ4n) is 3.05. The molecular weight excluding hydrogens is 312 g/mol. The lowest BCUT2D eigenvalue weighted by atomic mass is 9.97. The van der Waals surface area contributed by atoms with Gasteiger partial charge in [0.25, 0.3) is 5.69 Å². The molecule has 0 radical (unpaired) electrons. The van der Waals surface area contributed by atoms with Crippen molar-refractivity contribution in [2.45, 2.75) is 25.7 Å². The first-order chi connectivity index (χ1) is 11.1. The molecule has 0 unspecified atom stereocenters. The Bertz CT molecular complexity index is 918. The van der Waals surface area contributed by atoms with E-state index in [4.69, 9.17) is 5.73 Å². The Balaban J connectivity index is 1.83. The lowest BCUT2D eigenvalue weighted by Crippen LogP contribution is -2.01. The van der Waals surface area contributed by atoms with Crippen molar-refractivity contribution in [1.29, 1.82) is 0 Å². The smallest absolute Gasteiger partial charge is 0.269 e. The zero-order chi connectivity index (χ0) is 16.0. The molecule has 2 N–H and O–H groups in total. The summed E-state index contributed by atoms with van der Waals surface area (Å²) in [6, 6.07) is 6.23. The van der Waals surface area contributed by atoms with E-state index in [1.54, 1.807) is 23.5 Å². The molecule has 0 amide bonds. The van der Waals surface area contributed by atoms with Crippen LogP contribution in [0.4, 0.5) is 11.5 Å². The lowest BCUT2D eigenvalue weighted by Gasteiger charge is -2.10. The normalized spacial score (nSPS) is 13.9. The van der Waals surface area contributed by atoms with E-state index >= 15 is 0 Å². The van der Waals surface area contributed by atoms with E-state index in [9.17, 15) is 10.1 Å². The zero-order valence-electron chi connectivity index (χ0n) is 12.3. The van der Waals surface area contributed by atoms with Crippen LogP contribution in [0.25, 0.3) is 21.6 Å². The van der Waals surface area contributed by atoms with Gasteiger partial charge < -0.3 is 5.73 Å². The van der Waals surface area contributed by atoms with Gasteiger partial charge in [-0.05, 0) is 43.4 Å². The van der Waals surface area contributed by atoms with E-state index in [1.807, 2.05) is 0 Å². The highest BCUT2D eigenvalue weighted by atomic mass is 32.1. The van der Waals surface area contributed by atoms with Crippen LogP contribution in [0, 0.1) is 10.1 Å². The lowest BCUT2D eigenvalue weighted by molar-refractivity contribution is -0.384. The Morgan fingerprint density at radius 2 is 1.87 bits per heavy atom. The highest BCUT2D eigenvalue weighted by molar-refractivity contribution is 7.19. The second kappa shape index (κ2) is 5.27. The van der Waals surface area contributed by atoms with Crippen molar-refractivity contribution in [3.05, 3.63) is 44.8 Å². The van der Waals surface area contributed by atoms with Crippen LogP contribution in [0.1, 0.15) is 23.3 Å². The van der Waals surface area contributed by atoms with E-state index in [0.29, 0.717) is 11.6 Å². The van der Waals surface area contributed by atoms with Crippen molar-refractivity contribution in [1.82, 2.24) is 9.97 Å². The van der Waals surface area contributed by atoms with Crippen molar-refractivity contribution in [3.8, 4) is 11.4 Å². The predicted octanol–water partition coefficient (Wildman–Crippen LogP) is 3.73. The van der Waals surface area contributed by atoms with Crippen LogP contribution in [0.15, 0.2) is 24.3 Å². The molecular formula is C16H14N4O2S. The average Bonchev–Trinajstić information content (AvgIpc) is 2.93. The maximum absolute atomic E-state index is 10.7. The number of rotatable bonds is 2. The number of aryl methyl sites for hydroxylation is 2. The number of nitrogen functional groups attached to an aromatic ring is 1. The van der Waals surface area contributed by atoms with E-state index < -0.39 is 4.92 Å². The summed E-state index contributed by atoms with van der Waals surface area (Å²) in [7, 11) is 0. The largest absolute Gasteiger partial charge is 0.383 e. The molecule has 1 aromatic carbocycles. The molecule has 0 aliphatic heterocycles. The Morgan fingerprint density at radius 3 is 2.61 bits per heavy atom. The van der Waals surface area contributed by atoms with Gasteiger partial charge in [-0.25, -0.2) is 9.97 Å². The molecule has 0 fully saturated rings. The van der Waals surface area contributed by atoms with Gasteiger partial charge in [0.15, 0.2) is 5.82 Å². The van der Waals surface area contributed by atoms with E-state index in [-0.39, 0.29) is 5.69 Å². The molecule has 6 nitrogen and oxygen atoms in total. The monoisotopic (exact) mass is 326 g/mol. The summed E-state index contributed by atoms with van der Waals surface area (Å²) < 4.78 is 0. The number of benzene rings is 1. The minimum absolute atomic E-state index is 0.0504. The van der Waals surface area contributed by atoms with Crippen LogP contribution in [0.2, 0.25) is 0 Å². The molecule has 1 aliphatic carbocycles. The predicted molar refractivity (Wildman–Crippen MR) is 90.6 cm³/mol. The fourth-order valence-corrected chi connectivity index (χ4v) is 4.32. The van der Waals surface area contributed by atoms with Gasteiger partial charge in [0, 0.05) is 22.6 Å². The summed E-state index contributed by atoms with van der Waals surface area (Å²) in [6.45, 7) is 0. The molecule has 1 aliphatic rings. The van der Waals surface area contributed by atoms with Crippen molar-refractivity contribution in [3.63, 3.8) is 0 Å². The van der Waals surface area contributed by atoms with Gasteiger partial charge in [-0.2, -0.15) is 0 Å². The van der Waals surface area contributed by atoms with Gasteiger partial charge in [-0.15, -0.1) is 11.3 Å². The third kappa shape index (κ3) is 2.33. The van der Waals surface area contributed by atoms with Crippen molar-refractivity contribution >= 4 is 33.1 Å². The maximum atomic E-state index is 10.7. The maximum Gasteiger partial charge on any atom is 0.269 e. The van der Waals surface area contributed by atoms with Gasteiger partial charge in [0.1, 0.15) is 10.6 Å². The van der Waals surface area contributed by atoms with E-state index in [0.717, 1.165) is 28.6 Å². The third-order valence-electron chi connectivity index (χ3n) is 4.18. The van der Waals surface area contributed by atoms with Gasteiger partial charge >= 0.3 is 0 Å². The summed E-state index contributed by atoms with van der Waals surface area (Å²) in [5, 5.41) is 11.7. The standard InChI is InChI=1S/C16H14N4O2S/c17-14-13-11-3-1-2-4-12(11)23-16(13)19-15(18-14)9-5-7-10(8-6-9)20(21)22/h5-8H,1-4H2,(H2,17,18,19). The van der Waals surface area contributed by atoms with Crippen LogP contribution in [-0.2, 0) is 12.8 Å². The molecule has 4 rings (SSSR count). The van der Waals surface area contributed by atoms with Crippen LogP contribution in [-0.4, -0.2) is 14.9 Å². The highest BCUT2D eigenvalue weighted by Crippen LogP contribution is 2.38. The number of hydrogen-bond donors (Lipinski definition) is 1. The summed E-state index contributed by atoms with van der Waals surface area (Å²) in [6.07, 6.45) is 4.52. The van der Waals surface area contributed by atoms with Crippen molar-refractivity contribution < 1.29 is 4.92 Å². The van der Waals surface area contributed by atoms with Gasteiger partial charge in [-0.1, -0.05) is 0 Å². The summed E-state index contributed by atoms with van der Waals surface area (Å²) in [5.74, 6) is 1.02. The molecule has 0 atom stereocenters. The summed E-state index contributed by atoms with van der Waals surface area (Å²) >= 11 is 1.69. The molecule has 116 valence electrons. The molecule has 0 spiro atoms. The van der Waals surface area contributed by atoms with Crippen molar-refractivity contribution in [2.24, 2.45) is 0 Å². The molecule has 3 aromatic rings. The van der Waals surface area contributed by atoms with Gasteiger partial charge in [-0.3, -0.25) is 10.1 Å². The zero-order valence-corrected chi connectivity index (χ0v) is 13.1. The Kier molecular flexibility index (Phi) is 3.23. The average molecular weight is 326 g/mol. The number of fused-ring (bicyclic) bond motifs is 3. The molecule has 0 saturated carbocycles. The van der Waals surface area contributed by atoms with E-state index in [2.05, 4.69) is 9.97 Å². The van der Waals surface area contributed by atoms with Crippen molar-refractivity contribution in [2.75, 3.05) is 5.73 Å². The number of thiophene rings is 1. The quantitative estimate of drug-likeness (QED) is 0.572. The number of nitro groups is 1. The third-order valence-corrected chi connectivity index (χ3v) is 5.36. The minimum atomic E-state index is -0.421. The van der Waals surface area contributed by atoms with Crippen LogP contribution >= 0.6 is 11.3 Å². The minimum Gasteiger partial charge on any atom is -0.383 e. The SMILES string of the molecule is Nc1nc(-c2ccc([N+](=O)[O-])cc2)nc2sc3c(c12)CCCC3. The highest BCUT2D eigenvalue weighted by Gasteiger charge is 2.20. The summed E-state index contributed by atoms with van der Waals surface area (Å²) in [4.78, 5) is 21.7. The molecule has 2 heterocycles. The van der Waals surface area contributed by atoms with Gasteiger partial charge in [0.2, 0.25) is 0 Å². The van der Waals surface area contributed by atoms with Crippen LogP contribution < -0.4 is 5.73 Å². The number of anilines is 1. The fraction of sp³-hybridized carbons (Fsp3) is 0.250. The first-order valence-electron chi connectivity index (χ1n) is 7.46. The van der Waals surface area contributed by atoms with Crippen LogP contribution in [0.5, 0.6) is 0 Å². The molecule has 0 bridgehead atoms. The number of aromatic nitrogens is 2. The Labute approximate surface area is 136 Å². The van der Waals surface area contributed by atoms with Crippen LogP contribution in [0.3, 0.4) is 0 Å². The first kappa shape index (κ1) is 14.1. The molecule has 23 heavy (non-hydrogen) atoms. The molecule has 0 saturated heterocycles. The first-order valence-corrected chi connectivity index (χ1v) is 8.28. The number of nitrogens with two attached hydrogens (primary N) is 1. The topological polar surface area (TPSA) is 94.9 Å². The molecule has 2 aromatic heterocycles. The summed E-state index contributed by atoms with van der Waals surface area (Å²) in [5.41, 5.74) is 8.28. The van der Waals surface area contributed by atoms with Gasteiger partial charge in [0.05, 0.1) is 10.3 Å². The molecule has 7 heteroatoms. The second-order valence-corrected chi connectivity index (χ2v) is 6.71. The Hall–Kier alpha value is -2.54.